The van der Waals surface area contributed by atoms with Crippen LogP contribution in [0.1, 0.15) is 22.3 Å². The molecule has 0 atom stereocenters. The van der Waals surface area contributed by atoms with Gasteiger partial charge < -0.3 is 0 Å². The number of benzene rings is 10. The number of fused-ring (bicyclic) bond motifs is 6. The van der Waals surface area contributed by atoms with Gasteiger partial charge in [-0.05, 0) is 167 Å². The Labute approximate surface area is 336 Å². The molecule has 0 amide bonds. The molecule has 10 aromatic rings. The van der Waals surface area contributed by atoms with Gasteiger partial charge in [0.1, 0.15) is 0 Å². The van der Waals surface area contributed by atoms with Crippen LogP contribution in [0.25, 0.3) is 53.9 Å². The zero-order chi connectivity index (χ0) is 39.3. The van der Waals surface area contributed by atoms with E-state index in [1.54, 1.807) is 0 Å². The molecule has 0 aromatic heterocycles. The highest BCUT2D eigenvalue weighted by Gasteiger charge is 2.15. The van der Waals surface area contributed by atoms with Gasteiger partial charge in [0.2, 0.25) is 0 Å². The van der Waals surface area contributed by atoms with Crippen LogP contribution in [-0.2, 0) is 0 Å². The molecular weight excluding hydrogens is 705 g/mol. The van der Waals surface area contributed by atoms with Gasteiger partial charge in [0.05, 0.1) is 44.2 Å². The predicted molar refractivity (Wildman–Crippen MR) is 242 cm³/mol. The van der Waals surface area contributed by atoms with E-state index in [9.17, 15) is 0 Å². The monoisotopic (exact) mass is 744 g/mol. The summed E-state index contributed by atoms with van der Waals surface area (Å²) in [6, 6.07) is 59.4. The molecule has 0 saturated heterocycles. The van der Waals surface area contributed by atoms with Crippen LogP contribution in [0.4, 0.5) is 22.7 Å². The van der Waals surface area contributed by atoms with Gasteiger partial charge in [-0.1, -0.05) is 84.9 Å². The molecule has 0 radical (unpaired) electrons. The minimum atomic E-state index is 0.926. The lowest BCUT2D eigenvalue weighted by Gasteiger charge is -2.13. The first-order valence-corrected chi connectivity index (χ1v) is 19.8. The molecule has 10 rings (SSSR count). The molecule has 0 bridgehead atoms. The second kappa shape index (κ2) is 14.3. The molecular formula is C54H40N4. The number of nitrogens with zero attached hydrogens (tertiary/aromatic N) is 4. The molecule has 0 N–H and O–H groups in total. The van der Waals surface area contributed by atoms with Crippen molar-refractivity contribution < 1.29 is 0 Å². The van der Waals surface area contributed by atoms with Gasteiger partial charge in [-0.3, -0.25) is 0 Å². The highest BCUT2D eigenvalue weighted by molar-refractivity contribution is 6.16. The molecule has 0 aliphatic heterocycles. The number of hydrogen-bond acceptors (Lipinski definition) is 4. The maximum atomic E-state index is 5.29. The van der Waals surface area contributed by atoms with E-state index in [1.165, 1.54) is 16.2 Å². The fourth-order valence-electron chi connectivity index (χ4n) is 8.31. The smallest absolute Gasteiger partial charge is 0.0748 e. The van der Waals surface area contributed by atoms with Gasteiger partial charge in [-0.25, -0.2) is 20.0 Å². The van der Waals surface area contributed by atoms with Gasteiger partial charge in [-0.2, -0.15) is 0 Å². The molecule has 0 spiro atoms. The highest BCUT2D eigenvalue weighted by Crippen LogP contribution is 2.33. The largest absolute Gasteiger partial charge is 0.248 e. The molecule has 0 aliphatic carbocycles. The number of hydrogen-bond donors (Lipinski definition) is 0. The van der Waals surface area contributed by atoms with E-state index in [0.29, 0.717) is 0 Å². The Morgan fingerprint density at radius 3 is 0.862 bits per heavy atom. The molecule has 4 nitrogen and oxygen atoms in total. The summed E-state index contributed by atoms with van der Waals surface area (Å²) in [6.07, 6.45) is 0. The van der Waals surface area contributed by atoms with Crippen molar-refractivity contribution >= 4 is 76.6 Å². The minimum Gasteiger partial charge on any atom is -0.248 e. The average molecular weight is 745 g/mol. The zero-order valence-electron chi connectivity index (χ0n) is 33.0. The molecule has 0 heterocycles. The first kappa shape index (κ1) is 35.1. The van der Waals surface area contributed by atoms with E-state index in [1.807, 2.05) is 72.8 Å². The van der Waals surface area contributed by atoms with Crippen molar-refractivity contribution in [3.05, 3.63) is 214 Å². The van der Waals surface area contributed by atoms with Crippen molar-refractivity contribution in [3.63, 3.8) is 0 Å². The quantitative estimate of drug-likeness (QED) is 0.127. The van der Waals surface area contributed by atoms with Gasteiger partial charge in [-0.15, -0.1) is 0 Å². The lowest BCUT2D eigenvalue weighted by atomic mass is 9.92. The number of rotatable bonds is 4. The van der Waals surface area contributed by atoms with Crippen molar-refractivity contribution in [2.75, 3.05) is 0 Å². The maximum Gasteiger partial charge on any atom is 0.0748 e. The minimum absolute atomic E-state index is 0.926. The molecule has 276 valence electrons. The van der Waals surface area contributed by atoms with Crippen LogP contribution in [0.5, 0.6) is 0 Å². The van der Waals surface area contributed by atoms with Crippen molar-refractivity contribution in [1.29, 1.82) is 0 Å². The second-order valence-electron chi connectivity index (χ2n) is 15.2. The maximum absolute atomic E-state index is 5.29. The molecule has 4 heteroatoms. The van der Waals surface area contributed by atoms with E-state index >= 15 is 0 Å². The van der Waals surface area contributed by atoms with Crippen LogP contribution in [0.2, 0.25) is 0 Å². The van der Waals surface area contributed by atoms with Crippen LogP contribution in [0.3, 0.4) is 0 Å². The molecule has 0 fully saturated rings. The second-order valence-corrected chi connectivity index (χ2v) is 15.2. The lowest BCUT2D eigenvalue weighted by molar-refractivity contribution is 1.20. The van der Waals surface area contributed by atoms with Crippen molar-refractivity contribution in [3.8, 4) is 0 Å². The molecule has 0 aliphatic rings. The lowest BCUT2D eigenvalue weighted by Crippen LogP contribution is -2.20. The molecule has 10 aromatic carbocycles. The Hall–Kier alpha value is -7.30. The Morgan fingerprint density at radius 2 is 0.500 bits per heavy atom. The summed E-state index contributed by atoms with van der Waals surface area (Å²) in [5.74, 6) is 0. The predicted octanol–water partition coefficient (Wildman–Crippen LogP) is 12.5. The fourth-order valence-corrected chi connectivity index (χ4v) is 8.31. The third-order valence-corrected chi connectivity index (χ3v) is 11.6. The van der Waals surface area contributed by atoms with Crippen LogP contribution < -0.4 is 21.4 Å². The molecule has 0 saturated carbocycles. The van der Waals surface area contributed by atoms with Crippen molar-refractivity contribution in [1.82, 2.24) is 0 Å². The summed E-state index contributed by atoms with van der Waals surface area (Å²) in [7, 11) is 0. The zero-order valence-corrected chi connectivity index (χ0v) is 33.0. The molecule has 0 unspecified atom stereocenters. The summed E-state index contributed by atoms with van der Waals surface area (Å²) in [5.41, 5.74) is 8.22. The van der Waals surface area contributed by atoms with E-state index < -0.39 is 0 Å². The Morgan fingerprint density at radius 1 is 0.241 bits per heavy atom. The third kappa shape index (κ3) is 6.20. The third-order valence-electron chi connectivity index (χ3n) is 11.6. The normalized spacial score (nSPS) is 13.2. The summed E-state index contributed by atoms with van der Waals surface area (Å²) < 4.78 is 0. The van der Waals surface area contributed by atoms with Crippen LogP contribution in [0.15, 0.2) is 190 Å². The topological polar surface area (TPSA) is 49.4 Å². The van der Waals surface area contributed by atoms with E-state index in [2.05, 4.69) is 125 Å². The van der Waals surface area contributed by atoms with E-state index in [0.717, 1.165) is 104 Å². The van der Waals surface area contributed by atoms with Crippen LogP contribution in [0, 0.1) is 27.7 Å². The molecule has 58 heavy (non-hydrogen) atoms. The Bertz CT molecular complexity index is 3430. The highest BCUT2D eigenvalue weighted by atomic mass is 14.8. The van der Waals surface area contributed by atoms with Gasteiger partial charge in [0, 0.05) is 21.5 Å². The van der Waals surface area contributed by atoms with E-state index in [4.69, 9.17) is 20.0 Å². The number of para-hydroxylation sites is 4. The van der Waals surface area contributed by atoms with Gasteiger partial charge in [0.15, 0.2) is 0 Å². The summed E-state index contributed by atoms with van der Waals surface area (Å²) in [4.78, 5) is 21.0. The average Bonchev–Trinajstić information content (AvgIpc) is 3.26. The van der Waals surface area contributed by atoms with Crippen LogP contribution in [-0.4, -0.2) is 0 Å². The van der Waals surface area contributed by atoms with Gasteiger partial charge in [0.25, 0.3) is 0 Å². The fraction of sp³-hybridized carbons (Fsp3) is 0.0741. The Kier molecular flexibility index (Phi) is 8.68. The van der Waals surface area contributed by atoms with E-state index in [-0.39, 0.29) is 0 Å². The standard InChI is InChI=1S/C54H40N4/c1-33-34(2)53(57-43-21-13-7-14-22-43)49-31-40-29-45-37(27-39(40)30-48(49)52(33)56-42-19-11-6-12-20-42)25-26-38-28-47-50(32-46(38)45)54(58-44-23-15-8-16-24-44)36(4)35(3)51(47)55-41-17-9-5-10-18-41/h5-32H,1-4H3. The first-order chi connectivity index (χ1) is 28.4. The summed E-state index contributed by atoms with van der Waals surface area (Å²) in [6.45, 7) is 8.68. The van der Waals surface area contributed by atoms with Crippen molar-refractivity contribution in [2.24, 2.45) is 20.0 Å². The van der Waals surface area contributed by atoms with Crippen molar-refractivity contribution in [2.45, 2.75) is 27.7 Å². The van der Waals surface area contributed by atoms with Crippen LogP contribution >= 0.6 is 0 Å². The van der Waals surface area contributed by atoms with Gasteiger partial charge >= 0.3 is 0 Å². The Balaban J connectivity index is 1.31. The summed E-state index contributed by atoms with van der Waals surface area (Å²) >= 11 is 0. The SMILES string of the molecule is Cc1c(C)c(=Nc2ccccc2)c2cc3cc4c(ccc5cc6c(=Nc7ccccc7)c(C)c(C)c(=Nc7ccccc7)c6cc54)cc3cc2c1=Nc1ccccc1. The summed E-state index contributed by atoms with van der Waals surface area (Å²) in [5, 5.41) is 15.3. The first-order valence-electron chi connectivity index (χ1n) is 19.8.